The van der Waals surface area contributed by atoms with Crippen LogP contribution in [0, 0.1) is 23.2 Å². The van der Waals surface area contributed by atoms with E-state index in [-0.39, 0.29) is 25.0 Å². The van der Waals surface area contributed by atoms with Gasteiger partial charge in [0.05, 0.1) is 18.6 Å². The van der Waals surface area contributed by atoms with Crippen molar-refractivity contribution in [2.75, 3.05) is 33.2 Å². The Balaban J connectivity index is 1.32. The van der Waals surface area contributed by atoms with Crippen LogP contribution in [-0.2, 0) is 27.1 Å². The van der Waals surface area contributed by atoms with Gasteiger partial charge >= 0.3 is 0 Å². The fourth-order valence-electron chi connectivity index (χ4n) is 6.07. The van der Waals surface area contributed by atoms with Crippen LogP contribution in [0.4, 0.5) is 0 Å². The highest BCUT2D eigenvalue weighted by molar-refractivity contribution is 7.12. The van der Waals surface area contributed by atoms with Crippen LogP contribution in [0.1, 0.15) is 83.1 Å². The van der Waals surface area contributed by atoms with Gasteiger partial charge in [0.1, 0.15) is 12.3 Å². The second-order valence-electron chi connectivity index (χ2n) is 10.7. The molecule has 2 fully saturated rings. The smallest absolute Gasteiger partial charge is 0.159 e. The highest BCUT2D eigenvalue weighted by Crippen LogP contribution is 2.40. The molecule has 9 heteroatoms. The maximum absolute atomic E-state index is 10.1. The quantitative estimate of drug-likeness (QED) is 0.175. The average Bonchev–Trinajstić information content (AvgIpc) is 3.64. The Morgan fingerprint density at radius 2 is 1.90 bits per heavy atom. The van der Waals surface area contributed by atoms with Gasteiger partial charge < -0.3 is 19.3 Å². The number of thiophene rings is 2. The zero-order valence-corrected chi connectivity index (χ0v) is 25.6. The van der Waals surface area contributed by atoms with Gasteiger partial charge in [-0.25, -0.2) is 0 Å². The maximum Gasteiger partial charge on any atom is 0.159 e. The summed E-state index contributed by atoms with van der Waals surface area (Å²) in [5.41, 5.74) is 0. The Bertz CT molecular complexity index is 1040. The van der Waals surface area contributed by atoms with E-state index in [4.69, 9.17) is 31.1 Å². The van der Waals surface area contributed by atoms with Gasteiger partial charge in [-0.3, -0.25) is 4.90 Å². The van der Waals surface area contributed by atoms with Gasteiger partial charge in [0.2, 0.25) is 0 Å². The first kappa shape index (κ1) is 30.9. The fraction of sp³-hybridized carbons (Fsp3) is 0.700. The van der Waals surface area contributed by atoms with Crippen LogP contribution in [0.25, 0.3) is 0 Å². The number of piperidine rings is 1. The summed E-state index contributed by atoms with van der Waals surface area (Å²) < 4.78 is 18.0. The summed E-state index contributed by atoms with van der Waals surface area (Å²) in [6, 6.07) is 10.7. The van der Waals surface area contributed by atoms with Crippen molar-refractivity contribution in [3.8, 4) is 6.07 Å². The predicted molar refractivity (Wildman–Crippen MR) is 158 cm³/mol. The Morgan fingerprint density at radius 3 is 2.67 bits per heavy atom. The molecule has 5 atom stereocenters. The van der Waals surface area contributed by atoms with E-state index in [0.29, 0.717) is 17.7 Å². The molecule has 0 aliphatic carbocycles. The molecule has 0 bridgehead atoms. The van der Waals surface area contributed by atoms with Crippen molar-refractivity contribution in [1.29, 1.82) is 5.26 Å². The summed E-state index contributed by atoms with van der Waals surface area (Å²) in [7, 11) is 3.43. The van der Waals surface area contributed by atoms with Gasteiger partial charge in [0.25, 0.3) is 0 Å². The molecular weight excluding hydrogens is 552 g/mol. The van der Waals surface area contributed by atoms with Crippen LogP contribution < -0.4 is 0 Å². The minimum Gasteiger partial charge on any atom is -0.386 e. The molecule has 4 heterocycles. The lowest BCUT2D eigenvalue weighted by molar-refractivity contribution is -0.181. The zero-order chi connectivity index (χ0) is 27.6. The van der Waals surface area contributed by atoms with Crippen LogP contribution in [0.15, 0.2) is 24.3 Å². The third kappa shape index (κ3) is 8.50. The van der Waals surface area contributed by atoms with Gasteiger partial charge in [0.15, 0.2) is 6.29 Å². The molecule has 216 valence electrons. The van der Waals surface area contributed by atoms with E-state index in [2.05, 4.69) is 29.2 Å². The highest BCUT2D eigenvalue weighted by atomic mass is 35.5. The number of fused-ring (bicyclic) bond motifs is 1. The van der Waals surface area contributed by atoms with Crippen molar-refractivity contribution in [1.82, 2.24) is 4.90 Å². The number of alkyl halides is 1. The van der Waals surface area contributed by atoms with Crippen LogP contribution in [0.3, 0.4) is 0 Å². The number of hydrogen-bond acceptors (Lipinski definition) is 8. The van der Waals surface area contributed by atoms with E-state index in [0.717, 1.165) is 62.9 Å². The number of nitrogens with zero attached hydrogens (tertiary/aromatic N) is 2. The number of aliphatic hydroxyl groups is 1. The van der Waals surface area contributed by atoms with Crippen molar-refractivity contribution >= 4 is 34.3 Å². The summed E-state index contributed by atoms with van der Waals surface area (Å²) in [6.45, 7) is 2.21. The summed E-state index contributed by atoms with van der Waals surface area (Å²) >= 11 is 9.49. The maximum atomic E-state index is 10.1. The number of hydrogen-bond donors (Lipinski definition) is 1. The van der Waals surface area contributed by atoms with Crippen molar-refractivity contribution in [3.05, 3.63) is 43.8 Å². The lowest BCUT2D eigenvalue weighted by atomic mass is 9.89. The first-order valence-electron chi connectivity index (χ1n) is 14.3. The van der Waals surface area contributed by atoms with Gasteiger partial charge in [0, 0.05) is 58.6 Å². The molecule has 2 aromatic rings. The van der Waals surface area contributed by atoms with Crippen molar-refractivity contribution in [3.63, 3.8) is 0 Å². The molecule has 39 heavy (non-hydrogen) atoms. The number of aliphatic hydroxyl groups excluding tert-OH is 1. The molecular formula is C30H43ClN2O4S2. The molecule has 1 unspecified atom stereocenters. The minimum atomic E-state index is -0.671. The average molecular weight is 595 g/mol. The highest BCUT2D eigenvalue weighted by Gasteiger charge is 2.38. The van der Waals surface area contributed by atoms with Crippen molar-refractivity contribution in [2.24, 2.45) is 11.8 Å². The molecule has 0 saturated carbocycles. The first-order valence-corrected chi connectivity index (χ1v) is 16.5. The molecule has 0 aromatic carbocycles. The lowest BCUT2D eigenvalue weighted by Gasteiger charge is -2.46. The summed E-state index contributed by atoms with van der Waals surface area (Å²) in [5, 5.41) is 19.0. The SMILES string of the molecule is COC(OC)C(CCCCl)CCc1ccc([C@H]2CCN3CCC[C@H](CCc4ccc([C@H](O)CC#N)s4)[C@H]3O2)s1. The van der Waals surface area contributed by atoms with E-state index < -0.39 is 6.10 Å². The number of ether oxygens (including phenoxy) is 3. The van der Waals surface area contributed by atoms with Gasteiger partial charge in [-0.2, -0.15) is 5.26 Å². The molecule has 2 aliphatic rings. The third-order valence-corrected chi connectivity index (χ3v) is 10.9. The fourth-order valence-corrected chi connectivity index (χ4v) is 8.33. The molecule has 2 aromatic heterocycles. The number of methoxy groups -OCH3 is 2. The molecule has 6 nitrogen and oxygen atoms in total. The molecule has 2 saturated heterocycles. The number of aryl methyl sites for hydroxylation is 2. The zero-order valence-electron chi connectivity index (χ0n) is 23.2. The van der Waals surface area contributed by atoms with E-state index in [1.165, 1.54) is 27.5 Å². The molecule has 1 N–H and O–H groups in total. The van der Waals surface area contributed by atoms with Crippen molar-refractivity contribution < 1.29 is 19.3 Å². The third-order valence-electron chi connectivity index (χ3n) is 8.14. The number of rotatable bonds is 15. The molecule has 0 spiro atoms. The normalized spacial score (nSPS) is 23.4. The Labute approximate surface area is 246 Å². The standard InChI is InChI=1S/C30H43ClN2O4S2/c1-35-30(36-2)22(5-3-17-31)8-10-24-12-14-28(39-24)26-16-20-33-19-4-6-21(29(33)37-26)7-9-23-11-13-27(38-23)25(34)15-18-32/h11-14,21-22,25-26,29-30,34H,3-10,15-17,19-20H2,1-2H3/t21-,22?,25-,26-,29-/m1/s1. The van der Waals surface area contributed by atoms with Crippen LogP contribution in [0.5, 0.6) is 0 Å². The largest absolute Gasteiger partial charge is 0.386 e. The lowest BCUT2D eigenvalue weighted by Crippen LogP contribution is -2.51. The van der Waals surface area contributed by atoms with Gasteiger partial charge in [-0.1, -0.05) is 0 Å². The van der Waals surface area contributed by atoms with E-state index in [1.807, 2.05) is 17.4 Å². The van der Waals surface area contributed by atoms with Crippen molar-refractivity contribution in [2.45, 2.75) is 88.9 Å². The van der Waals surface area contributed by atoms with E-state index in [9.17, 15) is 5.11 Å². The topological polar surface area (TPSA) is 75.0 Å². The molecule has 0 amide bonds. The van der Waals surface area contributed by atoms with Gasteiger partial charge in [-0.15, -0.1) is 34.3 Å². The molecule has 4 rings (SSSR count). The minimum absolute atomic E-state index is 0.148. The number of nitriles is 1. The second kappa shape index (κ2) is 15.8. The van der Waals surface area contributed by atoms with Crippen LogP contribution in [0.2, 0.25) is 0 Å². The number of halogens is 1. The predicted octanol–water partition coefficient (Wildman–Crippen LogP) is 7.08. The molecule has 0 radical (unpaired) electrons. The summed E-state index contributed by atoms with van der Waals surface area (Å²) in [6.07, 6.45) is 9.18. The molecule has 2 aliphatic heterocycles. The van der Waals surface area contributed by atoms with Crippen LogP contribution >= 0.6 is 34.3 Å². The first-order chi connectivity index (χ1) is 19.1. The Kier molecular flexibility index (Phi) is 12.6. The Morgan fingerprint density at radius 1 is 1.10 bits per heavy atom. The summed E-state index contributed by atoms with van der Waals surface area (Å²) in [5.74, 6) is 1.51. The van der Waals surface area contributed by atoms with E-state index in [1.54, 1.807) is 25.6 Å². The van der Waals surface area contributed by atoms with Gasteiger partial charge in [-0.05, 0) is 88.0 Å². The Hall–Kier alpha value is -1.02. The van der Waals surface area contributed by atoms with Crippen LogP contribution in [-0.4, -0.2) is 55.7 Å². The summed E-state index contributed by atoms with van der Waals surface area (Å²) in [4.78, 5) is 7.46. The monoisotopic (exact) mass is 594 g/mol. The second-order valence-corrected chi connectivity index (χ2v) is 13.5. The van der Waals surface area contributed by atoms with E-state index >= 15 is 0 Å².